The van der Waals surface area contributed by atoms with Crippen molar-refractivity contribution in [3.8, 4) is 6.07 Å². The van der Waals surface area contributed by atoms with E-state index in [9.17, 15) is 9.59 Å². The van der Waals surface area contributed by atoms with Crippen molar-refractivity contribution < 1.29 is 0 Å². The summed E-state index contributed by atoms with van der Waals surface area (Å²) < 4.78 is 2.18. The van der Waals surface area contributed by atoms with Gasteiger partial charge in [0.25, 0.3) is 5.56 Å². The second-order valence-corrected chi connectivity index (χ2v) is 5.56. The molecule has 0 amide bonds. The molecule has 104 valence electrons. The molecule has 20 heavy (non-hydrogen) atoms. The molecule has 0 aliphatic rings. The average molecular weight is 291 g/mol. The number of anilines is 1. The Kier molecular flexibility index (Phi) is 3.72. The molecular weight excluding hydrogens is 278 g/mol. The lowest BCUT2D eigenvalue weighted by Crippen LogP contribution is -2.39. The predicted octanol–water partition coefficient (Wildman–Crippen LogP) is 0.333. The van der Waals surface area contributed by atoms with E-state index in [2.05, 4.69) is 10.3 Å². The second-order valence-electron chi connectivity index (χ2n) is 4.24. The predicted molar refractivity (Wildman–Crippen MR) is 75.8 cm³/mol. The third kappa shape index (κ3) is 2.35. The van der Waals surface area contributed by atoms with Crippen LogP contribution < -0.4 is 16.6 Å². The van der Waals surface area contributed by atoms with Gasteiger partial charge in [0.15, 0.2) is 5.56 Å². The minimum atomic E-state index is -0.599. The van der Waals surface area contributed by atoms with E-state index in [0.29, 0.717) is 6.54 Å². The van der Waals surface area contributed by atoms with Gasteiger partial charge >= 0.3 is 5.69 Å². The largest absolute Gasteiger partial charge is 0.365 e. The Balaban J connectivity index is 2.44. The number of hydrogen-bond donors (Lipinski definition) is 1. The monoisotopic (exact) mass is 291 g/mol. The van der Waals surface area contributed by atoms with Crippen molar-refractivity contribution in [3.05, 3.63) is 42.5 Å². The van der Waals surface area contributed by atoms with E-state index in [1.807, 2.05) is 13.0 Å². The summed E-state index contributed by atoms with van der Waals surface area (Å²) in [5.41, 5.74) is -1.15. The van der Waals surface area contributed by atoms with Gasteiger partial charge in [-0.15, -0.1) is 11.3 Å². The van der Waals surface area contributed by atoms with Crippen molar-refractivity contribution in [2.45, 2.75) is 13.5 Å². The molecule has 0 spiro atoms. The molecule has 1 N–H and O–H groups in total. The number of aryl methyl sites for hydroxylation is 1. The zero-order valence-corrected chi connectivity index (χ0v) is 12.1. The summed E-state index contributed by atoms with van der Waals surface area (Å²) in [7, 11) is 2.87. The lowest BCUT2D eigenvalue weighted by molar-refractivity contribution is 0.685. The van der Waals surface area contributed by atoms with Crippen LogP contribution in [0, 0.1) is 18.3 Å². The highest BCUT2D eigenvalue weighted by Crippen LogP contribution is 2.14. The van der Waals surface area contributed by atoms with Gasteiger partial charge in [0.05, 0.1) is 11.6 Å². The Morgan fingerprint density at radius 1 is 1.40 bits per heavy atom. The summed E-state index contributed by atoms with van der Waals surface area (Å²) in [5, 5.41) is 13.0. The van der Waals surface area contributed by atoms with Crippen LogP contribution in [-0.4, -0.2) is 14.1 Å². The number of hydrogen-bond acceptors (Lipinski definition) is 6. The molecule has 0 bridgehead atoms. The molecule has 0 saturated heterocycles. The molecule has 8 heteroatoms. The van der Waals surface area contributed by atoms with Crippen molar-refractivity contribution >= 4 is 17.2 Å². The molecule has 0 fully saturated rings. The molecule has 2 aromatic rings. The number of nitriles is 1. The van der Waals surface area contributed by atoms with Crippen LogP contribution in [0.2, 0.25) is 0 Å². The molecule has 0 atom stereocenters. The molecule has 2 heterocycles. The third-order valence-electron chi connectivity index (χ3n) is 2.88. The van der Waals surface area contributed by atoms with E-state index in [1.165, 1.54) is 30.0 Å². The van der Waals surface area contributed by atoms with E-state index in [0.717, 1.165) is 14.5 Å². The van der Waals surface area contributed by atoms with E-state index >= 15 is 0 Å². The minimum Gasteiger partial charge on any atom is -0.365 e. The summed E-state index contributed by atoms with van der Waals surface area (Å²) in [5.74, 6) is 0.228. The fraction of sp³-hybridized carbons (Fsp3) is 0.333. The third-order valence-corrected chi connectivity index (χ3v) is 3.79. The van der Waals surface area contributed by atoms with Crippen LogP contribution >= 0.6 is 11.3 Å². The Morgan fingerprint density at radius 2 is 2.10 bits per heavy atom. The lowest BCUT2D eigenvalue weighted by Gasteiger charge is -2.12. The number of nitrogens with one attached hydrogen (secondary N) is 1. The summed E-state index contributed by atoms with van der Waals surface area (Å²) in [6.07, 6.45) is 1.72. The Morgan fingerprint density at radius 3 is 2.65 bits per heavy atom. The topological polar surface area (TPSA) is 92.7 Å². The smallest absolute Gasteiger partial charge is 0.332 e. The van der Waals surface area contributed by atoms with Crippen LogP contribution in [0.4, 0.5) is 5.82 Å². The van der Waals surface area contributed by atoms with Crippen molar-refractivity contribution in [2.75, 3.05) is 5.32 Å². The number of aromatic nitrogens is 3. The zero-order valence-electron chi connectivity index (χ0n) is 11.3. The molecule has 2 aromatic heterocycles. The molecule has 0 aliphatic heterocycles. The number of nitrogens with zero attached hydrogens (tertiary/aromatic N) is 4. The van der Waals surface area contributed by atoms with E-state index in [4.69, 9.17) is 5.26 Å². The van der Waals surface area contributed by atoms with Crippen LogP contribution in [-0.2, 0) is 20.6 Å². The van der Waals surface area contributed by atoms with Gasteiger partial charge in [0, 0.05) is 25.2 Å². The van der Waals surface area contributed by atoms with Crippen molar-refractivity contribution in [1.82, 2.24) is 14.1 Å². The van der Waals surface area contributed by atoms with Crippen LogP contribution in [0.1, 0.15) is 15.4 Å². The summed E-state index contributed by atoms with van der Waals surface area (Å²) in [6.45, 7) is 2.30. The van der Waals surface area contributed by atoms with Crippen LogP contribution in [0.25, 0.3) is 0 Å². The van der Waals surface area contributed by atoms with E-state index in [-0.39, 0.29) is 11.4 Å². The maximum atomic E-state index is 11.9. The van der Waals surface area contributed by atoms with E-state index < -0.39 is 11.2 Å². The first-order chi connectivity index (χ1) is 9.45. The van der Waals surface area contributed by atoms with Gasteiger partial charge in [-0.05, 0) is 6.92 Å². The first-order valence-electron chi connectivity index (χ1n) is 5.81. The Labute approximate surface area is 118 Å². The first kappa shape index (κ1) is 14.0. The highest BCUT2D eigenvalue weighted by atomic mass is 32.1. The van der Waals surface area contributed by atoms with Gasteiger partial charge in [-0.3, -0.25) is 13.9 Å². The van der Waals surface area contributed by atoms with Gasteiger partial charge in [-0.2, -0.15) is 5.26 Å². The van der Waals surface area contributed by atoms with Crippen LogP contribution in [0.15, 0.2) is 15.8 Å². The SMILES string of the molecule is Cc1ncc(CNc2c(C#N)c(=O)n(C)c(=O)n2C)s1. The quantitative estimate of drug-likeness (QED) is 0.880. The average Bonchev–Trinajstić information content (AvgIpc) is 2.84. The summed E-state index contributed by atoms with van der Waals surface area (Å²) in [6, 6.07) is 1.85. The molecule has 0 aliphatic carbocycles. The maximum absolute atomic E-state index is 11.9. The minimum absolute atomic E-state index is 0.0733. The van der Waals surface area contributed by atoms with Crippen molar-refractivity contribution in [2.24, 2.45) is 14.1 Å². The first-order valence-corrected chi connectivity index (χ1v) is 6.62. The van der Waals surface area contributed by atoms with Crippen LogP contribution in [0.3, 0.4) is 0 Å². The number of thiazole rings is 1. The van der Waals surface area contributed by atoms with Gasteiger partial charge in [0.2, 0.25) is 0 Å². The van der Waals surface area contributed by atoms with Gasteiger partial charge in [-0.25, -0.2) is 9.78 Å². The normalized spacial score (nSPS) is 10.3. The molecule has 0 saturated carbocycles. The highest BCUT2D eigenvalue weighted by Gasteiger charge is 2.15. The van der Waals surface area contributed by atoms with Gasteiger partial charge < -0.3 is 5.32 Å². The molecule has 2 rings (SSSR count). The molecule has 0 aromatic carbocycles. The Bertz CT molecular complexity index is 809. The fourth-order valence-electron chi connectivity index (χ4n) is 1.81. The standard InChI is InChI=1S/C12H13N5O2S/c1-7-14-5-8(20-7)6-15-10-9(4-13)11(18)17(3)12(19)16(10)2/h5,15H,6H2,1-3H3. The highest BCUT2D eigenvalue weighted by molar-refractivity contribution is 7.11. The number of rotatable bonds is 3. The molecule has 0 unspecified atom stereocenters. The second kappa shape index (κ2) is 5.30. The lowest BCUT2D eigenvalue weighted by atomic mass is 10.3. The summed E-state index contributed by atoms with van der Waals surface area (Å²) in [4.78, 5) is 28.8. The van der Waals surface area contributed by atoms with Crippen LogP contribution in [0.5, 0.6) is 0 Å². The Hall–Kier alpha value is -2.40. The maximum Gasteiger partial charge on any atom is 0.332 e. The molecule has 0 radical (unpaired) electrons. The molecular formula is C12H13N5O2S. The van der Waals surface area contributed by atoms with Gasteiger partial charge in [-0.1, -0.05) is 0 Å². The van der Waals surface area contributed by atoms with E-state index in [1.54, 1.807) is 6.20 Å². The van der Waals surface area contributed by atoms with Gasteiger partial charge in [0.1, 0.15) is 11.9 Å². The fourth-order valence-corrected chi connectivity index (χ4v) is 2.54. The summed E-state index contributed by atoms with van der Waals surface area (Å²) >= 11 is 1.51. The molecule has 7 nitrogen and oxygen atoms in total. The zero-order chi connectivity index (χ0) is 14.9. The van der Waals surface area contributed by atoms with Crippen molar-refractivity contribution in [1.29, 1.82) is 5.26 Å². The van der Waals surface area contributed by atoms with Crippen molar-refractivity contribution in [3.63, 3.8) is 0 Å².